The topological polar surface area (TPSA) is 44.8 Å². The van der Waals surface area contributed by atoms with Crippen LogP contribution in [-0.4, -0.2) is 42.4 Å². The number of carbonyl (C=O) groups excluding carboxylic acids is 1. The highest BCUT2D eigenvalue weighted by Crippen LogP contribution is 2.45. The summed E-state index contributed by atoms with van der Waals surface area (Å²) in [5, 5.41) is 0. The molecule has 0 radical (unpaired) electrons. The van der Waals surface area contributed by atoms with Crippen LogP contribution in [-0.2, 0) is 19.0 Å². The Morgan fingerprint density at radius 2 is 0.860 bits per heavy atom. The number of carbonyl (C=O) groups is 1. The highest BCUT2D eigenvalue weighted by molar-refractivity contribution is 5.84. The summed E-state index contributed by atoms with van der Waals surface area (Å²) in [5.74, 6) is 4.26. The molecule has 43 heavy (non-hydrogen) atoms. The van der Waals surface area contributed by atoms with E-state index in [0.717, 1.165) is 56.3 Å². The zero-order valence-corrected chi connectivity index (χ0v) is 28.0. The van der Waals surface area contributed by atoms with Gasteiger partial charge in [-0.05, 0) is 159 Å². The van der Waals surface area contributed by atoms with Gasteiger partial charge in [0.05, 0.1) is 36.6 Å². The van der Waals surface area contributed by atoms with Crippen LogP contribution < -0.4 is 0 Å². The van der Waals surface area contributed by atoms with E-state index < -0.39 is 0 Å². The Kier molecular flexibility index (Phi) is 12.0. The molecule has 0 saturated heterocycles. The van der Waals surface area contributed by atoms with E-state index in [4.69, 9.17) is 14.2 Å². The average molecular weight is 599 g/mol. The van der Waals surface area contributed by atoms with Crippen molar-refractivity contribution in [2.24, 2.45) is 35.5 Å². The molecule has 4 heteroatoms. The first-order valence-electron chi connectivity index (χ1n) is 19.5. The standard InChI is InChI=1S/C39H66O4/c1-27-8-16-33(17-9-27)42-34-18-12-29(13-19-34)31-11-10-28(2)38(26-31)39(40)30-14-20-35(21-15-30)43-37-24-22-36(23-25-37)41-32-6-4-3-5-7-32/h27-38H,3-26H2,1-2H3. The van der Waals surface area contributed by atoms with Gasteiger partial charge in [-0.2, -0.15) is 0 Å². The summed E-state index contributed by atoms with van der Waals surface area (Å²) in [6.45, 7) is 4.77. The van der Waals surface area contributed by atoms with E-state index >= 15 is 0 Å². The molecule has 246 valence electrons. The van der Waals surface area contributed by atoms with Gasteiger partial charge < -0.3 is 14.2 Å². The summed E-state index contributed by atoms with van der Waals surface area (Å²) in [7, 11) is 0. The van der Waals surface area contributed by atoms with E-state index in [2.05, 4.69) is 13.8 Å². The maximum absolute atomic E-state index is 13.9. The first-order chi connectivity index (χ1) is 21.0. The van der Waals surface area contributed by atoms with Crippen LogP contribution in [0.2, 0.25) is 0 Å². The molecule has 6 aliphatic rings. The van der Waals surface area contributed by atoms with Crippen LogP contribution in [0.15, 0.2) is 0 Å². The maximum Gasteiger partial charge on any atom is 0.139 e. The Labute approximate surface area is 264 Å². The molecule has 3 unspecified atom stereocenters. The molecule has 0 amide bonds. The van der Waals surface area contributed by atoms with Gasteiger partial charge in [0.15, 0.2) is 0 Å². The van der Waals surface area contributed by atoms with Gasteiger partial charge >= 0.3 is 0 Å². The van der Waals surface area contributed by atoms with Crippen molar-refractivity contribution in [3.63, 3.8) is 0 Å². The minimum atomic E-state index is 0.285. The molecule has 0 aromatic rings. The van der Waals surface area contributed by atoms with Crippen LogP contribution in [0.25, 0.3) is 0 Å². The normalized spacial score (nSPS) is 43.7. The summed E-state index contributed by atoms with van der Waals surface area (Å²) < 4.78 is 19.7. The number of Topliss-reactive ketones (excluding diaryl/α,β-unsaturated/α-hetero) is 1. The van der Waals surface area contributed by atoms with Crippen LogP contribution in [0.1, 0.15) is 168 Å². The molecule has 0 N–H and O–H groups in total. The van der Waals surface area contributed by atoms with Crippen molar-refractivity contribution >= 4 is 5.78 Å². The van der Waals surface area contributed by atoms with E-state index in [9.17, 15) is 4.79 Å². The molecular formula is C39H66O4. The van der Waals surface area contributed by atoms with Crippen molar-refractivity contribution in [2.75, 3.05) is 0 Å². The summed E-state index contributed by atoms with van der Waals surface area (Å²) in [4.78, 5) is 13.9. The summed E-state index contributed by atoms with van der Waals surface area (Å²) in [6, 6.07) is 0. The zero-order chi connectivity index (χ0) is 29.6. The van der Waals surface area contributed by atoms with Crippen molar-refractivity contribution in [3.05, 3.63) is 0 Å². The predicted molar refractivity (Wildman–Crippen MR) is 174 cm³/mol. The SMILES string of the molecule is CC1CCC(OC2CCC(C3CCC(C)C(C(=O)C4CCC(OC5CCC(OC6CCCCC6)CC5)CC4)C3)CC2)CC1. The molecule has 0 spiro atoms. The average Bonchev–Trinajstić information content (AvgIpc) is 3.04. The second-order valence-corrected chi connectivity index (χ2v) is 16.5. The largest absolute Gasteiger partial charge is 0.375 e. The van der Waals surface area contributed by atoms with Gasteiger partial charge in [-0.3, -0.25) is 4.79 Å². The predicted octanol–water partition coefficient (Wildman–Crippen LogP) is 10.00. The van der Waals surface area contributed by atoms with E-state index in [1.807, 2.05) is 0 Å². The number of ketones is 1. The summed E-state index contributed by atoms with van der Waals surface area (Å²) >= 11 is 0. The Hall–Kier alpha value is -0.450. The van der Waals surface area contributed by atoms with Crippen molar-refractivity contribution in [3.8, 4) is 0 Å². The molecule has 0 bridgehead atoms. The number of hydrogen-bond donors (Lipinski definition) is 0. The minimum absolute atomic E-state index is 0.285. The number of ether oxygens (including phenoxy) is 3. The van der Waals surface area contributed by atoms with Gasteiger partial charge in [0.2, 0.25) is 0 Å². The Morgan fingerprint density at radius 1 is 0.442 bits per heavy atom. The van der Waals surface area contributed by atoms with Gasteiger partial charge in [0.1, 0.15) is 5.78 Å². The molecule has 0 heterocycles. The second-order valence-electron chi connectivity index (χ2n) is 16.5. The van der Waals surface area contributed by atoms with Crippen LogP contribution in [0.4, 0.5) is 0 Å². The molecule has 6 saturated carbocycles. The van der Waals surface area contributed by atoms with Crippen LogP contribution in [0, 0.1) is 35.5 Å². The quantitative estimate of drug-likeness (QED) is 0.265. The minimum Gasteiger partial charge on any atom is -0.375 e. The van der Waals surface area contributed by atoms with Crippen molar-refractivity contribution in [2.45, 2.75) is 205 Å². The first kappa shape index (κ1) is 32.5. The second kappa shape index (κ2) is 15.9. The first-order valence-corrected chi connectivity index (χ1v) is 19.5. The Bertz CT molecular complexity index is 820. The molecule has 4 nitrogen and oxygen atoms in total. The zero-order valence-electron chi connectivity index (χ0n) is 28.0. The van der Waals surface area contributed by atoms with Crippen LogP contribution >= 0.6 is 0 Å². The highest BCUT2D eigenvalue weighted by atomic mass is 16.5. The van der Waals surface area contributed by atoms with E-state index in [1.165, 1.54) is 116 Å². The molecule has 6 aliphatic carbocycles. The number of hydrogen-bond acceptors (Lipinski definition) is 4. The summed E-state index contributed by atoms with van der Waals surface area (Å²) in [5.41, 5.74) is 0. The van der Waals surface area contributed by atoms with Gasteiger partial charge in [-0.25, -0.2) is 0 Å². The van der Waals surface area contributed by atoms with Gasteiger partial charge in [-0.15, -0.1) is 0 Å². The third-order valence-electron chi connectivity index (χ3n) is 13.4. The molecular weight excluding hydrogens is 532 g/mol. The lowest BCUT2D eigenvalue weighted by atomic mass is 9.64. The van der Waals surface area contributed by atoms with Crippen LogP contribution in [0.5, 0.6) is 0 Å². The Balaban J connectivity index is 0.887. The van der Waals surface area contributed by atoms with E-state index in [-0.39, 0.29) is 5.92 Å². The molecule has 0 aliphatic heterocycles. The number of rotatable bonds is 9. The monoisotopic (exact) mass is 598 g/mol. The van der Waals surface area contributed by atoms with Crippen molar-refractivity contribution in [1.82, 2.24) is 0 Å². The fourth-order valence-corrected chi connectivity index (χ4v) is 10.3. The summed E-state index contributed by atoms with van der Waals surface area (Å²) in [6.07, 6.45) is 32.5. The molecule has 6 fully saturated rings. The lowest BCUT2D eigenvalue weighted by molar-refractivity contribution is -0.134. The smallest absolute Gasteiger partial charge is 0.139 e. The maximum atomic E-state index is 13.9. The lowest BCUT2D eigenvalue weighted by Gasteiger charge is -2.42. The molecule has 6 rings (SSSR count). The van der Waals surface area contributed by atoms with Gasteiger partial charge in [0.25, 0.3) is 0 Å². The molecule has 0 aromatic heterocycles. The van der Waals surface area contributed by atoms with Gasteiger partial charge in [0, 0.05) is 11.8 Å². The lowest BCUT2D eigenvalue weighted by Crippen LogP contribution is -2.39. The third kappa shape index (κ3) is 9.09. The van der Waals surface area contributed by atoms with Crippen LogP contribution in [0.3, 0.4) is 0 Å². The fraction of sp³-hybridized carbons (Fsp3) is 0.974. The van der Waals surface area contributed by atoms with E-state index in [1.54, 1.807) is 0 Å². The fourth-order valence-electron chi connectivity index (χ4n) is 10.3. The molecule has 3 atom stereocenters. The highest BCUT2D eigenvalue weighted by Gasteiger charge is 2.41. The molecule has 0 aromatic carbocycles. The van der Waals surface area contributed by atoms with E-state index in [0.29, 0.717) is 54.2 Å². The third-order valence-corrected chi connectivity index (χ3v) is 13.4. The van der Waals surface area contributed by atoms with Gasteiger partial charge in [-0.1, -0.05) is 33.1 Å². The van der Waals surface area contributed by atoms with Crippen molar-refractivity contribution < 1.29 is 19.0 Å². The van der Waals surface area contributed by atoms with Crippen molar-refractivity contribution in [1.29, 1.82) is 0 Å². The Morgan fingerprint density at radius 3 is 1.40 bits per heavy atom.